The highest BCUT2D eigenvalue weighted by Crippen LogP contribution is 2.26. The number of hydrogen-bond acceptors (Lipinski definition) is 3. The fourth-order valence-corrected chi connectivity index (χ4v) is 2.65. The lowest BCUT2D eigenvalue weighted by molar-refractivity contribution is 0.0697. The summed E-state index contributed by atoms with van der Waals surface area (Å²) in [6, 6.07) is 7.70. The lowest BCUT2D eigenvalue weighted by Crippen LogP contribution is -2.34. The molecule has 1 N–H and O–H groups in total. The SMILES string of the molecule is CC1CN(c2ccc(C(=O)O)cc2)CC1N(C)C. The molecule has 0 spiro atoms. The molecule has 1 fully saturated rings. The van der Waals surface area contributed by atoms with Crippen molar-refractivity contribution in [2.45, 2.75) is 13.0 Å². The molecule has 0 radical (unpaired) electrons. The van der Waals surface area contributed by atoms with Crippen LogP contribution in [0.25, 0.3) is 0 Å². The molecule has 0 aliphatic carbocycles. The number of aromatic carboxylic acids is 1. The average molecular weight is 248 g/mol. The molecule has 2 rings (SSSR count). The van der Waals surface area contributed by atoms with E-state index in [0.29, 0.717) is 17.5 Å². The zero-order chi connectivity index (χ0) is 13.3. The second kappa shape index (κ2) is 4.98. The van der Waals surface area contributed by atoms with Gasteiger partial charge in [-0.3, -0.25) is 0 Å². The number of nitrogens with zero attached hydrogens (tertiary/aromatic N) is 2. The molecule has 1 aromatic carbocycles. The predicted octanol–water partition coefficient (Wildman–Crippen LogP) is 1.77. The van der Waals surface area contributed by atoms with Gasteiger partial charge in [0.05, 0.1) is 5.56 Å². The van der Waals surface area contributed by atoms with Crippen molar-refractivity contribution in [3.8, 4) is 0 Å². The minimum Gasteiger partial charge on any atom is -0.478 e. The highest BCUT2D eigenvalue weighted by atomic mass is 16.4. The summed E-state index contributed by atoms with van der Waals surface area (Å²) in [5.74, 6) is -0.248. The van der Waals surface area contributed by atoms with Crippen LogP contribution in [0.15, 0.2) is 24.3 Å². The van der Waals surface area contributed by atoms with E-state index in [2.05, 4.69) is 30.8 Å². The second-order valence-electron chi connectivity index (χ2n) is 5.27. The van der Waals surface area contributed by atoms with Gasteiger partial charge in [-0.2, -0.15) is 0 Å². The molecule has 0 amide bonds. The molecule has 1 aliphatic heterocycles. The number of rotatable bonds is 3. The van der Waals surface area contributed by atoms with E-state index >= 15 is 0 Å². The standard InChI is InChI=1S/C14H20N2O2/c1-10-8-16(9-13(10)15(2)3)12-6-4-11(5-7-12)14(17)18/h4-7,10,13H,8-9H2,1-3H3,(H,17,18). The van der Waals surface area contributed by atoms with Crippen LogP contribution < -0.4 is 4.90 Å². The van der Waals surface area contributed by atoms with Gasteiger partial charge in [0, 0.05) is 24.8 Å². The summed E-state index contributed by atoms with van der Waals surface area (Å²) >= 11 is 0. The zero-order valence-electron chi connectivity index (χ0n) is 11.1. The molecule has 18 heavy (non-hydrogen) atoms. The Morgan fingerprint density at radius 3 is 2.33 bits per heavy atom. The van der Waals surface area contributed by atoms with Crippen LogP contribution in [-0.2, 0) is 0 Å². The normalized spacial score (nSPS) is 23.7. The van der Waals surface area contributed by atoms with Gasteiger partial charge in [-0.05, 0) is 44.3 Å². The molecule has 4 nitrogen and oxygen atoms in total. The molecular weight excluding hydrogens is 228 g/mol. The first-order chi connectivity index (χ1) is 8.49. The van der Waals surface area contributed by atoms with Crippen molar-refractivity contribution in [3.05, 3.63) is 29.8 Å². The lowest BCUT2D eigenvalue weighted by atomic mass is 10.1. The molecule has 1 saturated heterocycles. The molecule has 2 atom stereocenters. The van der Waals surface area contributed by atoms with Crippen molar-refractivity contribution in [2.75, 3.05) is 32.1 Å². The topological polar surface area (TPSA) is 43.8 Å². The third-order valence-electron chi connectivity index (χ3n) is 3.72. The lowest BCUT2D eigenvalue weighted by Gasteiger charge is -2.23. The van der Waals surface area contributed by atoms with Crippen LogP contribution in [-0.4, -0.2) is 49.2 Å². The van der Waals surface area contributed by atoms with Crippen molar-refractivity contribution < 1.29 is 9.90 Å². The van der Waals surface area contributed by atoms with Crippen LogP contribution in [0.4, 0.5) is 5.69 Å². The molecular formula is C14H20N2O2. The van der Waals surface area contributed by atoms with E-state index in [0.717, 1.165) is 18.8 Å². The summed E-state index contributed by atoms with van der Waals surface area (Å²) in [5.41, 5.74) is 1.45. The Morgan fingerprint density at radius 1 is 1.28 bits per heavy atom. The van der Waals surface area contributed by atoms with Gasteiger partial charge < -0.3 is 14.9 Å². The van der Waals surface area contributed by atoms with E-state index in [-0.39, 0.29) is 0 Å². The zero-order valence-corrected chi connectivity index (χ0v) is 11.1. The third kappa shape index (κ3) is 2.48. The van der Waals surface area contributed by atoms with E-state index in [1.807, 2.05) is 12.1 Å². The number of benzene rings is 1. The number of anilines is 1. The van der Waals surface area contributed by atoms with Crippen molar-refractivity contribution in [2.24, 2.45) is 5.92 Å². The van der Waals surface area contributed by atoms with Gasteiger partial charge in [0.2, 0.25) is 0 Å². The summed E-state index contributed by atoms with van der Waals surface area (Å²) in [6.45, 7) is 4.28. The summed E-state index contributed by atoms with van der Waals surface area (Å²) < 4.78 is 0. The maximum Gasteiger partial charge on any atom is 0.335 e. The van der Waals surface area contributed by atoms with Crippen LogP contribution in [0.3, 0.4) is 0 Å². The van der Waals surface area contributed by atoms with Gasteiger partial charge >= 0.3 is 5.97 Å². The summed E-state index contributed by atoms with van der Waals surface area (Å²) in [5, 5.41) is 8.88. The van der Waals surface area contributed by atoms with Crippen LogP contribution in [0.1, 0.15) is 17.3 Å². The third-order valence-corrected chi connectivity index (χ3v) is 3.72. The Bertz CT molecular complexity index is 428. The Balaban J connectivity index is 2.11. The van der Waals surface area contributed by atoms with Gasteiger partial charge in [-0.25, -0.2) is 4.79 Å². The molecule has 0 bridgehead atoms. The van der Waals surface area contributed by atoms with Gasteiger partial charge in [0.1, 0.15) is 0 Å². The largest absolute Gasteiger partial charge is 0.478 e. The van der Waals surface area contributed by atoms with Gasteiger partial charge in [0.15, 0.2) is 0 Å². The van der Waals surface area contributed by atoms with Crippen LogP contribution in [0.2, 0.25) is 0 Å². The smallest absolute Gasteiger partial charge is 0.335 e. The number of carbonyl (C=O) groups is 1. The quantitative estimate of drug-likeness (QED) is 0.885. The number of likely N-dealkylation sites (N-methyl/N-ethyl adjacent to an activating group) is 1. The van der Waals surface area contributed by atoms with Gasteiger partial charge in [0.25, 0.3) is 0 Å². The molecule has 1 aliphatic rings. The first kappa shape index (κ1) is 12.9. The number of carboxylic acid groups (broad SMARTS) is 1. The van der Waals surface area contributed by atoms with Crippen molar-refractivity contribution in [3.63, 3.8) is 0 Å². The molecule has 1 heterocycles. The van der Waals surface area contributed by atoms with Gasteiger partial charge in [-0.15, -0.1) is 0 Å². The van der Waals surface area contributed by atoms with E-state index in [1.165, 1.54) is 0 Å². The fourth-order valence-electron chi connectivity index (χ4n) is 2.65. The van der Waals surface area contributed by atoms with Crippen LogP contribution in [0.5, 0.6) is 0 Å². The summed E-state index contributed by atoms with van der Waals surface area (Å²) in [4.78, 5) is 15.4. The summed E-state index contributed by atoms with van der Waals surface area (Å²) in [7, 11) is 4.22. The van der Waals surface area contributed by atoms with Crippen LogP contribution >= 0.6 is 0 Å². The Kier molecular flexibility index (Phi) is 3.57. The maximum atomic E-state index is 10.8. The van der Waals surface area contributed by atoms with Crippen molar-refractivity contribution >= 4 is 11.7 Å². The molecule has 4 heteroatoms. The fraction of sp³-hybridized carbons (Fsp3) is 0.500. The monoisotopic (exact) mass is 248 g/mol. The van der Waals surface area contributed by atoms with Crippen molar-refractivity contribution in [1.29, 1.82) is 0 Å². The maximum absolute atomic E-state index is 10.8. The predicted molar refractivity (Wildman–Crippen MR) is 72.3 cm³/mol. The Morgan fingerprint density at radius 2 is 1.89 bits per heavy atom. The molecule has 0 aromatic heterocycles. The Labute approximate surface area is 108 Å². The van der Waals surface area contributed by atoms with Crippen LogP contribution in [0, 0.1) is 5.92 Å². The van der Waals surface area contributed by atoms with Crippen molar-refractivity contribution in [1.82, 2.24) is 4.90 Å². The number of carboxylic acids is 1. The minimum atomic E-state index is -0.873. The highest BCUT2D eigenvalue weighted by Gasteiger charge is 2.30. The second-order valence-corrected chi connectivity index (χ2v) is 5.27. The Hall–Kier alpha value is -1.55. The highest BCUT2D eigenvalue weighted by molar-refractivity contribution is 5.88. The van der Waals surface area contributed by atoms with Gasteiger partial charge in [-0.1, -0.05) is 6.92 Å². The van der Waals surface area contributed by atoms with E-state index in [9.17, 15) is 4.79 Å². The molecule has 0 saturated carbocycles. The first-order valence-electron chi connectivity index (χ1n) is 6.23. The average Bonchev–Trinajstić information content (AvgIpc) is 2.71. The summed E-state index contributed by atoms with van der Waals surface area (Å²) in [6.07, 6.45) is 0. The van der Waals surface area contributed by atoms with E-state index in [1.54, 1.807) is 12.1 Å². The van der Waals surface area contributed by atoms with E-state index in [4.69, 9.17) is 5.11 Å². The van der Waals surface area contributed by atoms with E-state index < -0.39 is 5.97 Å². The molecule has 1 aromatic rings. The number of hydrogen-bond donors (Lipinski definition) is 1. The molecule has 98 valence electrons. The molecule has 2 unspecified atom stereocenters. The first-order valence-corrected chi connectivity index (χ1v) is 6.23. The minimum absolute atomic E-state index is 0.343.